The molecule has 0 radical (unpaired) electrons. The highest BCUT2D eigenvalue weighted by Crippen LogP contribution is 2.23. The number of carbonyl (C=O) groups is 1. The van der Waals surface area contributed by atoms with Crippen LogP contribution in [0.3, 0.4) is 0 Å². The minimum absolute atomic E-state index is 0.0186. The van der Waals surface area contributed by atoms with Crippen LogP contribution < -0.4 is 4.74 Å². The lowest BCUT2D eigenvalue weighted by Crippen LogP contribution is -2.23. The summed E-state index contributed by atoms with van der Waals surface area (Å²) in [6.07, 6.45) is -4.76. The highest BCUT2D eigenvalue weighted by atomic mass is 19.4. The van der Waals surface area contributed by atoms with Crippen molar-refractivity contribution >= 4 is 11.7 Å². The number of alkyl halides is 3. The number of benzene rings is 3. The van der Waals surface area contributed by atoms with Crippen LogP contribution in [0.1, 0.15) is 16.7 Å². The highest BCUT2D eigenvalue weighted by molar-refractivity contribution is 6.13. The smallest absolute Gasteiger partial charge is 0.480 e. The molecule has 0 saturated carbocycles. The fourth-order valence-corrected chi connectivity index (χ4v) is 2.90. The number of carboxylic acids is 1. The van der Waals surface area contributed by atoms with Crippen LogP contribution in [0.5, 0.6) is 5.75 Å². The molecule has 30 heavy (non-hydrogen) atoms. The highest BCUT2D eigenvalue weighted by Gasteiger charge is 2.31. The first-order valence-electron chi connectivity index (χ1n) is 9.08. The van der Waals surface area contributed by atoms with E-state index in [0.717, 1.165) is 23.3 Å². The van der Waals surface area contributed by atoms with E-state index in [0.29, 0.717) is 11.3 Å². The van der Waals surface area contributed by atoms with E-state index in [2.05, 4.69) is 9.73 Å². The Morgan fingerprint density at radius 3 is 1.80 bits per heavy atom. The molecule has 0 amide bonds. The summed E-state index contributed by atoms with van der Waals surface area (Å²) in [7, 11) is 0. The van der Waals surface area contributed by atoms with E-state index >= 15 is 0 Å². The van der Waals surface area contributed by atoms with Crippen LogP contribution in [0, 0.1) is 0 Å². The van der Waals surface area contributed by atoms with Crippen molar-refractivity contribution in [3.05, 3.63) is 102 Å². The predicted octanol–water partition coefficient (Wildman–Crippen LogP) is 5.12. The van der Waals surface area contributed by atoms with Gasteiger partial charge < -0.3 is 9.84 Å². The molecule has 3 aromatic carbocycles. The summed E-state index contributed by atoms with van der Waals surface area (Å²) in [5.74, 6) is -1.49. The van der Waals surface area contributed by atoms with Gasteiger partial charge in [0.05, 0.1) is 5.71 Å². The zero-order chi connectivity index (χ0) is 21.6. The fourth-order valence-electron chi connectivity index (χ4n) is 2.90. The molecule has 0 aliphatic carbocycles. The van der Waals surface area contributed by atoms with E-state index in [9.17, 15) is 23.1 Å². The number of carboxylic acid groups (broad SMARTS) is 1. The van der Waals surface area contributed by atoms with Gasteiger partial charge in [0, 0.05) is 17.5 Å². The Hall–Kier alpha value is -3.61. The molecule has 0 aliphatic heterocycles. The zero-order valence-corrected chi connectivity index (χ0v) is 15.7. The van der Waals surface area contributed by atoms with Gasteiger partial charge in [-0.3, -0.25) is 4.99 Å². The zero-order valence-electron chi connectivity index (χ0n) is 15.7. The van der Waals surface area contributed by atoms with Crippen molar-refractivity contribution in [1.82, 2.24) is 0 Å². The van der Waals surface area contributed by atoms with Gasteiger partial charge in [0.1, 0.15) is 5.75 Å². The number of nitrogens with zero attached hydrogens (tertiary/aromatic N) is 1. The Bertz CT molecular complexity index is 960. The summed E-state index contributed by atoms with van der Waals surface area (Å²) < 4.78 is 40.8. The van der Waals surface area contributed by atoms with Gasteiger partial charge in [-0.1, -0.05) is 72.8 Å². The van der Waals surface area contributed by atoms with Crippen molar-refractivity contribution in [3.8, 4) is 5.75 Å². The molecule has 0 bridgehead atoms. The molecule has 4 nitrogen and oxygen atoms in total. The summed E-state index contributed by atoms with van der Waals surface area (Å²) in [4.78, 5) is 16.4. The molecular weight excluding hydrogens is 395 g/mol. The molecule has 3 aromatic rings. The number of rotatable bonds is 7. The van der Waals surface area contributed by atoms with E-state index in [-0.39, 0.29) is 12.2 Å². The lowest BCUT2D eigenvalue weighted by molar-refractivity contribution is -0.274. The SMILES string of the molecule is O=C(O)[C@H](Cc1ccc(OC(F)(F)F)cc1)N=C(c1ccccc1)c1ccccc1. The summed E-state index contributed by atoms with van der Waals surface area (Å²) in [5.41, 5.74) is 2.59. The van der Waals surface area contributed by atoms with Gasteiger partial charge in [0.15, 0.2) is 6.04 Å². The van der Waals surface area contributed by atoms with Gasteiger partial charge in [0.25, 0.3) is 0 Å². The average Bonchev–Trinajstić information content (AvgIpc) is 2.72. The third kappa shape index (κ3) is 5.94. The van der Waals surface area contributed by atoms with E-state index in [4.69, 9.17) is 0 Å². The van der Waals surface area contributed by atoms with Crippen molar-refractivity contribution in [2.45, 2.75) is 18.8 Å². The molecule has 7 heteroatoms. The lowest BCUT2D eigenvalue weighted by Gasteiger charge is -2.14. The van der Waals surface area contributed by atoms with Gasteiger partial charge >= 0.3 is 12.3 Å². The number of ether oxygens (including phenoxy) is 1. The van der Waals surface area contributed by atoms with Crippen LogP contribution in [-0.2, 0) is 11.2 Å². The minimum atomic E-state index is -4.78. The Balaban J connectivity index is 1.90. The second-order valence-electron chi connectivity index (χ2n) is 6.46. The predicted molar refractivity (Wildman–Crippen MR) is 107 cm³/mol. The second-order valence-corrected chi connectivity index (χ2v) is 6.46. The molecule has 0 aromatic heterocycles. The third-order valence-corrected chi connectivity index (χ3v) is 4.25. The molecule has 154 valence electrons. The average molecular weight is 413 g/mol. The van der Waals surface area contributed by atoms with Crippen LogP contribution in [0.2, 0.25) is 0 Å². The molecule has 0 unspecified atom stereocenters. The summed E-state index contributed by atoms with van der Waals surface area (Å²) in [6.45, 7) is 0. The first-order valence-corrected chi connectivity index (χ1v) is 9.08. The van der Waals surface area contributed by atoms with Crippen molar-refractivity contribution in [3.63, 3.8) is 0 Å². The monoisotopic (exact) mass is 413 g/mol. The Kier molecular flexibility index (Phi) is 6.51. The summed E-state index contributed by atoms with van der Waals surface area (Å²) >= 11 is 0. The number of aliphatic carboxylic acids is 1. The van der Waals surface area contributed by atoms with Crippen LogP contribution in [0.25, 0.3) is 0 Å². The van der Waals surface area contributed by atoms with Crippen LogP contribution in [-0.4, -0.2) is 29.2 Å². The Labute approximate surface area is 171 Å². The molecule has 0 spiro atoms. The molecule has 0 saturated heterocycles. The summed E-state index contributed by atoms with van der Waals surface area (Å²) in [6, 6.07) is 22.4. The lowest BCUT2D eigenvalue weighted by atomic mass is 10.0. The first-order chi connectivity index (χ1) is 14.3. The van der Waals surface area contributed by atoms with Crippen LogP contribution in [0.15, 0.2) is 89.9 Å². The molecule has 0 heterocycles. The largest absolute Gasteiger partial charge is 0.573 e. The normalized spacial score (nSPS) is 12.1. The van der Waals surface area contributed by atoms with E-state index in [1.807, 2.05) is 60.7 Å². The van der Waals surface area contributed by atoms with Crippen molar-refractivity contribution in [2.24, 2.45) is 4.99 Å². The standard InChI is InChI=1S/C23H18F3NO3/c24-23(25,26)30-19-13-11-16(12-14-19)15-20(22(28)29)27-21(17-7-3-1-4-8-17)18-9-5-2-6-10-18/h1-14,20H,15H2,(H,28,29)/t20-/m0/s1. The van der Waals surface area contributed by atoms with Gasteiger partial charge in [-0.05, 0) is 17.7 Å². The van der Waals surface area contributed by atoms with Crippen molar-refractivity contribution < 1.29 is 27.8 Å². The summed E-state index contributed by atoms with van der Waals surface area (Å²) in [5, 5.41) is 9.70. The van der Waals surface area contributed by atoms with Crippen LogP contribution >= 0.6 is 0 Å². The van der Waals surface area contributed by atoms with E-state index in [1.165, 1.54) is 12.1 Å². The Morgan fingerprint density at radius 2 is 1.37 bits per heavy atom. The minimum Gasteiger partial charge on any atom is -0.480 e. The number of halogens is 3. The number of hydrogen-bond acceptors (Lipinski definition) is 3. The van der Waals surface area contributed by atoms with Crippen molar-refractivity contribution in [2.75, 3.05) is 0 Å². The quantitative estimate of drug-likeness (QED) is 0.547. The van der Waals surface area contributed by atoms with Gasteiger partial charge in [-0.15, -0.1) is 13.2 Å². The molecular formula is C23H18F3NO3. The maximum atomic E-state index is 12.3. The van der Waals surface area contributed by atoms with E-state index in [1.54, 1.807) is 0 Å². The maximum Gasteiger partial charge on any atom is 0.573 e. The third-order valence-electron chi connectivity index (χ3n) is 4.25. The van der Waals surface area contributed by atoms with E-state index < -0.39 is 18.4 Å². The van der Waals surface area contributed by atoms with Gasteiger partial charge in [-0.25, -0.2) is 4.79 Å². The fraction of sp³-hybridized carbons (Fsp3) is 0.130. The topological polar surface area (TPSA) is 58.9 Å². The molecule has 1 N–H and O–H groups in total. The number of aliphatic imine (C=N–C) groups is 1. The van der Waals surface area contributed by atoms with Gasteiger partial charge in [0.2, 0.25) is 0 Å². The first kappa shape index (κ1) is 21.1. The second kappa shape index (κ2) is 9.26. The molecule has 0 fully saturated rings. The molecule has 3 rings (SSSR count). The molecule has 1 atom stereocenters. The van der Waals surface area contributed by atoms with Crippen molar-refractivity contribution in [1.29, 1.82) is 0 Å². The van der Waals surface area contributed by atoms with Gasteiger partial charge in [-0.2, -0.15) is 0 Å². The molecule has 0 aliphatic rings. The van der Waals surface area contributed by atoms with Crippen LogP contribution in [0.4, 0.5) is 13.2 Å². The maximum absolute atomic E-state index is 12.3. The number of hydrogen-bond donors (Lipinski definition) is 1. The Morgan fingerprint density at radius 1 is 0.867 bits per heavy atom.